The number of phenols is 1. The van der Waals surface area contributed by atoms with Crippen molar-refractivity contribution in [2.24, 2.45) is 0 Å². The number of aromatic hydroxyl groups is 1. The normalized spacial score (nSPS) is 10.8. The number of rotatable bonds is 7. The van der Waals surface area contributed by atoms with Crippen molar-refractivity contribution in [1.82, 2.24) is 9.97 Å². The largest absolute Gasteiger partial charge is 0.507 e. The van der Waals surface area contributed by atoms with Crippen LogP contribution in [0.4, 0.5) is 17.2 Å². The smallest absolute Gasteiger partial charge is 0.141 e. The number of pyridine rings is 2. The van der Waals surface area contributed by atoms with Gasteiger partial charge in [-0.15, -0.1) is 0 Å². The van der Waals surface area contributed by atoms with Gasteiger partial charge in [-0.2, -0.15) is 0 Å². The lowest BCUT2D eigenvalue weighted by atomic mass is 10.0. The first-order chi connectivity index (χ1) is 19.3. The summed E-state index contributed by atoms with van der Waals surface area (Å²) in [4.78, 5) is 12.0. The number of para-hydroxylation sites is 2. The molecular weight excluding hydrogens is 478 g/mol. The molecular formula is C35H27N3O. The lowest BCUT2D eigenvalue weighted by Crippen LogP contribution is -2.14. The van der Waals surface area contributed by atoms with Crippen LogP contribution in [0.5, 0.6) is 5.75 Å². The highest BCUT2D eigenvalue weighted by atomic mass is 16.3. The summed E-state index contributed by atoms with van der Waals surface area (Å²) in [6.45, 7) is 0. The fourth-order valence-electron chi connectivity index (χ4n) is 4.80. The van der Waals surface area contributed by atoms with Gasteiger partial charge < -0.3 is 5.11 Å². The minimum atomic E-state index is 0.215. The second-order valence-corrected chi connectivity index (χ2v) is 9.30. The zero-order chi connectivity index (χ0) is 26.4. The zero-order valence-corrected chi connectivity index (χ0v) is 21.4. The van der Waals surface area contributed by atoms with Crippen LogP contribution in [0.1, 0.15) is 11.1 Å². The topological polar surface area (TPSA) is 49.2 Å². The predicted octanol–water partition coefficient (Wildman–Crippen LogP) is 8.58. The van der Waals surface area contributed by atoms with E-state index in [2.05, 4.69) is 71.6 Å². The molecule has 0 unspecified atom stereocenters. The van der Waals surface area contributed by atoms with Crippen LogP contribution in [0.25, 0.3) is 22.5 Å². The van der Waals surface area contributed by atoms with Crippen LogP contribution < -0.4 is 4.90 Å². The van der Waals surface area contributed by atoms with E-state index in [0.29, 0.717) is 5.56 Å². The Morgan fingerprint density at radius 3 is 2.10 bits per heavy atom. The monoisotopic (exact) mass is 505 g/mol. The van der Waals surface area contributed by atoms with E-state index in [-0.39, 0.29) is 5.75 Å². The first-order valence-corrected chi connectivity index (χ1v) is 12.9. The Bertz CT molecular complexity index is 1700. The fourth-order valence-corrected chi connectivity index (χ4v) is 4.80. The van der Waals surface area contributed by atoms with Crippen molar-refractivity contribution >= 4 is 17.2 Å². The van der Waals surface area contributed by atoms with E-state index in [1.165, 1.54) is 5.56 Å². The molecule has 0 aliphatic rings. The molecule has 2 aromatic heterocycles. The third-order valence-electron chi connectivity index (χ3n) is 6.66. The third kappa shape index (κ3) is 5.27. The molecule has 39 heavy (non-hydrogen) atoms. The van der Waals surface area contributed by atoms with Gasteiger partial charge in [-0.25, -0.2) is 9.97 Å². The predicted molar refractivity (Wildman–Crippen MR) is 158 cm³/mol. The average Bonchev–Trinajstić information content (AvgIpc) is 3.00. The van der Waals surface area contributed by atoms with Gasteiger partial charge in [0.25, 0.3) is 0 Å². The number of phenolic OH excluding ortho intramolecular Hbond substituents is 1. The van der Waals surface area contributed by atoms with E-state index in [0.717, 1.165) is 46.1 Å². The summed E-state index contributed by atoms with van der Waals surface area (Å²) in [6.07, 6.45) is 2.62. The van der Waals surface area contributed by atoms with Crippen molar-refractivity contribution in [2.45, 2.75) is 6.42 Å². The number of nitrogens with zero attached hydrogens (tertiary/aromatic N) is 3. The molecule has 0 amide bonds. The van der Waals surface area contributed by atoms with Gasteiger partial charge in [-0.1, -0.05) is 84.9 Å². The van der Waals surface area contributed by atoms with Crippen LogP contribution in [-0.4, -0.2) is 15.1 Å². The number of aromatic nitrogens is 2. The highest BCUT2D eigenvalue weighted by Gasteiger charge is 2.18. The molecule has 6 aromatic rings. The molecule has 0 bridgehead atoms. The number of benzene rings is 4. The Morgan fingerprint density at radius 1 is 0.590 bits per heavy atom. The van der Waals surface area contributed by atoms with Crippen molar-refractivity contribution in [1.29, 1.82) is 0 Å². The number of hydrogen-bond acceptors (Lipinski definition) is 4. The fraction of sp³-hybridized carbons (Fsp3) is 0.0286. The quantitative estimate of drug-likeness (QED) is 0.236. The van der Waals surface area contributed by atoms with E-state index in [1.807, 2.05) is 72.9 Å². The molecule has 4 aromatic carbocycles. The molecule has 0 spiro atoms. The average molecular weight is 506 g/mol. The Labute approximate surface area is 228 Å². The van der Waals surface area contributed by atoms with Gasteiger partial charge in [0, 0.05) is 35.1 Å². The van der Waals surface area contributed by atoms with Crippen molar-refractivity contribution in [3.05, 3.63) is 157 Å². The molecule has 0 saturated heterocycles. The van der Waals surface area contributed by atoms with E-state index < -0.39 is 0 Å². The summed E-state index contributed by atoms with van der Waals surface area (Å²) in [5.74, 6) is 1.10. The summed E-state index contributed by atoms with van der Waals surface area (Å²) < 4.78 is 0. The van der Waals surface area contributed by atoms with E-state index in [9.17, 15) is 5.11 Å². The van der Waals surface area contributed by atoms with Gasteiger partial charge in [0.1, 0.15) is 11.6 Å². The summed E-state index contributed by atoms with van der Waals surface area (Å²) in [6, 6.07) is 46.5. The molecule has 2 heterocycles. The summed E-state index contributed by atoms with van der Waals surface area (Å²) >= 11 is 0. The second kappa shape index (κ2) is 11.0. The Hall–Kier alpha value is -5.22. The van der Waals surface area contributed by atoms with Crippen molar-refractivity contribution in [2.75, 3.05) is 4.90 Å². The van der Waals surface area contributed by atoms with E-state index in [1.54, 1.807) is 6.07 Å². The highest BCUT2D eigenvalue weighted by Crippen LogP contribution is 2.38. The summed E-state index contributed by atoms with van der Waals surface area (Å²) in [7, 11) is 0. The summed E-state index contributed by atoms with van der Waals surface area (Å²) in [5, 5.41) is 10.4. The van der Waals surface area contributed by atoms with Gasteiger partial charge in [-0.05, 0) is 65.7 Å². The van der Waals surface area contributed by atoms with Gasteiger partial charge >= 0.3 is 0 Å². The SMILES string of the molecule is Oc1ccccc1-c1cccc(-c2cccc(N(c3ccccc3)c3ncccc3Cc3ccccc3)c2)n1. The standard InChI is InChI=1S/C35H27N3O/c39-34-22-8-7-19-31(34)33-21-10-20-32(37-33)27-14-9-18-30(25-27)38(29-16-5-2-6-17-29)35-28(15-11-23-36-35)24-26-12-3-1-4-13-26/h1-23,25,39H,24H2. The molecule has 1 N–H and O–H groups in total. The Balaban J connectivity index is 1.44. The molecule has 0 aliphatic heterocycles. The highest BCUT2D eigenvalue weighted by molar-refractivity contribution is 5.79. The zero-order valence-electron chi connectivity index (χ0n) is 21.4. The van der Waals surface area contributed by atoms with Crippen molar-refractivity contribution in [3.63, 3.8) is 0 Å². The van der Waals surface area contributed by atoms with E-state index >= 15 is 0 Å². The maximum atomic E-state index is 10.4. The third-order valence-corrected chi connectivity index (χ3v) is 6.66. The van der Waals surface area contributed by atoms with Crippen LogP contribution in [0.3, 0.4) is 0 Å². The van der Waals surface area contributed by atoms with Crippen LogP contribution in [0.15, 0.2) is 146 Å². The molecule has 6 rings (SSSR count). The van der Waals surface area contributed by atoms with Crippen LogP contribution in [0.2, 0.25) is 0 Å². The minimum Gasteiger partial charge on any atom is -0.507 e. The Kier molecular flexibility index (Phi) is 6.83. The van der Waals surface area contributed by atoms with Gasteiger partial charge in [0.15, 0.2) is 0 Å². The minimum absolute atomic E-state index is 0.215. The molecule has 0 aliphatic carbocycles. The van der Waals surface area contributed by atoms with Gasteiger partial charge in [0.2, 0.25) is 0 Å². The van der Waals surface area contributed by atoms with E-state index in [4.69, 9.17) is 9.97 Å². The van der Waals surface area contributed by atoms with Gasteiger partial charge in [-0.3, -0.25) is 4.90 Å². The maximum absolute atomic E-state index is 10.4. The molecule has 0 saturated carbocycles. The Morgan fingerprint density at radius 2 is 1.28 bits per heavy atom. The summed E-state index contributed by atoms with van der Waals surface area (Å²) in [5.41, 5.74) is 7.63. The molecule has 4 nitrogen and oxygen atoms in total. The molecule has 188 valence electrons. The lowest BCUT2D eigenvalue weighted by Gasteiger charge is -2.27. The molecule has 0 atom stereocenters. The first kappa shape index (κ1) is 24.1. The molecule has 0 radical (unpaired) electrons. The maximum Gasteiger partial charge on any atom is 0.141 e. The van der Waals surface area contributed by atoms with Crippen molar-refractivity contribution < 1.29 is 5.11 Å². The first-order valence-electron chi connectivity index (χ1n) is 12.9. The van der Waals surface area contributed by atoms with Crippen molar-refractivity contribution in [3.8, 4) is 28.3 Å². The van der Waals surface area contributed by atoms with Gasteiger partial charge in [0.05, 0.1) is 11.4 Å². The van der Waals surface area contributed by atoms with Crippen LogP contribution >= 0.6 is 0 Å². The van der Waals surface area contributed by atoms with Crippen LogP contribution in [-0.2, 0) is 6.42 Å². The molecule has 0 fully saturated rings. The van der Waals surface area contributed by atoms with Crippen LogP contribution in [0, 0.1) is 0 Å². The molecule has 4 heteroatoms. The number of anilines is 3. The second-order valence-electron chi connectivity index (χ2n) is 9.30. The lowest BCUT2D eigenvalue weighted by molar-refractivity contribution is 0.477. The number of hydrogen-bond donors (Lipinski definition) is 1.